The normalized spacial score (nSPS) is 15.8. The van der Waals surface area contributed by atoms with Crippen LogP contribution in [0.5, 0.6) is 0 Å². The van der Waals surface area contributed by atoms with Crippen molar-refractivity contribution in [3.05, 3.63) is 47.7 Å². The third kappa shape index (κ3) is 3.20. The number of benzene rings is 1. The lowest BCUT2D eigenvalue weighted by molar-refractivity contribution is 0.259. The topological polar surface area (TPSA) is 47.1 Å². The second-order valence-corrected chi connectivity index (χ2v) is 5.51. The Hall–Kier alpha value is -1.81. The highest BCUT2D eigenvalue weighted by molar-refractivity contribution is 5.28. The van der Waals surface area contributed by atoms with Gasteiger partial charge in [0, 0.05) is 25.8 Å². The molecule has 0 bridgehead atoms. The molecule has 0 amide bonds. The number of nitrogens with zero attached hydrogens (tertiary/aromatic N) is 3. The number of aryl methyl sites for hydroxylation is 2. The lowest BCUT2D eigenvalue weighted by Gasteiger charge is -2.20. The first-order valence-corrected chi connectivity index (χ1v) is 7.39. The van der Waals surface area contributed by atoms with Crippen LogP contribution in [-0.2, 0) is 19.5 Å². The molecule has 2 aromatic rings. The molecule has 20 heavy (non-hydrogen) atoms. The van der Waals surface area contributed by atoms with Gasteiger partial charge in [0.25, 0.3) is 0 Å². The number of hydrogen-bond acceptors (Lipinski definition) is 3. The van der Waals surface area contributed by atoms with Crippen LogP contribution in [0.25, 0.3) is 0 Å². The van der Waals surface area contributed by atoms with Crippen molar-refractivity contribution in [1.29, 1.82) is 0 Å². The van der Waals surface area contributed by atoms with Gasteiger partial charge in [0.2, 0.25) is 0 Å². The van der Waals surface area contributed by atoms with E-state index in [1.165, 1.54) is 30.5 Å². The minimum absolute atomic E-state index is 0.605. The fourth-order valence-electron chi connectivity index (χ4n) is 2.92. The van der Waals surface area contributed by atoms with Gasteiger partial charge < -0.3 is 5.73 Å². The van der Waals surface area contributed by atoms with E-state index in [1.54, 1.807) is 0 Å². The summed E-state index contributed by atoms with van der Waals surface area (Å²) in [5.41, 5.74) is 8.64. The molecule has 4 nitrogen and oxygen atoms in total. The maximum absolute atomic E-state index is 5.62. The van der Waals surface area contributed by atoms with E-state index in [9.17, 15) is 0 Å². The van der Waals surface area contributed by atoms with Crippen LogP contribution in [0.4, 0.5) is 5.82 Å². The lowest BCUT2D eigenvalue weighted by Crippen LogP contribution is -2.25. The van der Waals surface area contributed by atoms with E-state index >= 15 is 0 Å². The Morgan fingerprint density at radius 1 is 1.10 bits per heavy atom. The van der Waals surface area contributed by atoms with Gasteiger partial charge in [-0.05, 0) is 43.0 Å². The van der Waals surface area contributed by atoms with Crippen molar-refractivity contribution in [3.63, 3.8) is 0 Å². The maximum Gasteiger partial charge on any atom is 0.145 e. The Balaban J connectivity index is 1.53. The van der Waals surface area contributed by atoms with Gasteiger partial charge in [-0.2, -0.15) is 5.10 Å². The minimum Gasteiger partial charge on any atom is -0.382 e. The Morgan fingerprint density at radius 2 is 1.95 bits per heavy atom. The molecule has 0 aliphatic carbocycles. The number of aromatic nitrogens is 2. The summed E-state index contributed by atoms with van der Waals surface area (Å²) in [5, 5.41) is 4.22. The highest BCUT2D eigenvalue weighted by atomic mass is 15.3. The second-order valence-electron chi connectivity index (χ2n) is 5.51. The van der Waals surface area contributed by atoms with Crippen LogP contribution in [0, 0.1) is 0 Å². The average Bonchev–Trinajstić information content (AvgIpc) is 2.75. The van der Waals surface area contributed by atoms with E-state index in [0.29, 0.717) is 5.82 Å². The van der Waals surface area contributed by atoms with Gasteiger partial charge in [-0.25, -0.2) is 0 Å². The molecule has 0 radical (unpaired) electrons. The predicted octanol–water partition coefficient (Wildman–Crippen LogP) is 2.30. The van der Waals surface area contributed by atoms with Crippen LogP contribution in [-0.4, -0.2) is 27.8 Å². The summed E-state index contributed by atoms with van der Waals surface area (Å²) in [5.74, 6) is 0.605. The molecule has 1 aromatic carbocycles. The summed E-state index contributed by atoms with van der Waals surface area (Å²) >= 11 is 0. The number of fused-ring (bicyclic) bond motifs is 1. The van der Waals surface area contributed by atoms with Crippen LogP contribution < -0.4 is 5.73 Å². The molecular formula is C16H22N4. The lowest BCUT2D eigenvalue weighted by atomic mass is 10.0. The molecule has 3 rings (SSSR count). The molecule has 0 fully saturated rings. The van der Waals surface area contributed by atoms with Gasteiger partial charge in [-0.1, -0.05) is 24.3 Å². The van der Waals surface area contributed by atoms with Crippen molar-refractivity contribution in [2.75, 3.05) is 18.8 Å². The zero-order chi connectivity index (χ0) is 13.8. The van der Waals surface area contributed by atoms with Gasteiger partial charge in [-0.3, -0.25) is 9.58 Å². The molecule has 0 saturated heterocycles. The molecule has 1 aliphatic rings. The number of rotatable bonds is 4. The molecule has 1 aromatic heterocycles. The molecule has 2 heterocycles. The Bertz CT molecular complexity index is 561. The first-order chi connectivity index (χ1) is 9.81. The van der Waals surface area contributed by atoms with Crippen LogP contribution in [0.2, 0.25) is 0 Å². The maximum atomic E-state index is 5.62. The molecule has 0 atom stereocenters. The molecule has 0 unspecified atom stereocenters. The van der Waals surface area contributed by atoms with Gasteiger partial charge >= 0.3 is 0 Å². The van der Waals surface area contributed by atoms with Gasteiger partial charge in [0.15, 0.2) is 0 Å². The molecule has 0 saturated carbocycles. The van der Waals surface area contributed by atoms with Crippen molar-refractivity contribution in [2.45, 2.75) is 32.4 Å². The van der Waals surface area contributed by atoms with Gasteiger partial charge in [0.1, 0.15) is 5.82 Å². The zero-order valence-corrected chi connectivity index (χ0v) is 11.8. The Labute approximate surface area is 120 Å². The molecule has 4 heteroatoms. The van der Waals surface area contributed by atoms with E-state index in [0.717, 1.165) is 26.1 Å². The molecule has 2 N–H and O–H groups in total. The Kier molecular flexibility index (Phi) is 4.02. The third-order valence-electron chi connectivity index (χ3n) is 3.96. The van der Waals surface area contributed by atoms with Gasteiger partial charge in [-0.15, -0.1) is 0 Å². The predicted molar refractivity (Wildman–Crippen MR) is 81.3 cm³/mol. The molecular weight excluding hydrogens is 248 g/mol. The molecule has 0 spiro atoms. The van der Waals surface area contributed by atoms with Crippen molar-refractivity contribution >= 4 is 5.82 Å². The zero-order valence-electron chi connectivity index (χ0n) is 11.8. The van der Waals surface area contributed by atoms with Crippen molar-refractivity contribution < 1.29 is 0 Å². The highest BCUT2D eigenvalue weighted by Crippen LogP contribution is 2.18. The minimum atomic E-state index is 0.605. The van der Waals surface area contributed by atoms with E-state index in [-0.39, 0.29) is 0 Å². The molecule has 106 valence electrons. The number of nitrogens with two attached hydrogens (primary N) is 1. The van der Waals surface area contributed by atoms with E-state index in [4.69, 9.17) is 5.73 Å². The molecule has 1 aliphatic heterocycles. The van der Waals surface area contributed by atoms with Crippen LogP contribution in [0.15, 0.2) is 36.5 Å². The van der Waals surface area contributed by atoms with Crippen molar-refractivity contribution in [3.8, 4) is 0 Å². The third-order valence-corrected chi connectivity index (χ3v) is 3.96. The smallest absolute Gasteiger partial charge is 0.145 e. The largest absolute Gasteiger partial charge is 0.382 e. The number of nitrogen functional groups attached to an aromatic ring is 1. The summed E-state index contributed by atoms with van der Waals surface area (Å²) < 4.78 is 1.93. The monoisotopic (exact) mass is 270 g/mol. The quantitative estimate of drug-likeness (QED) is 0.927. The van der Waals surface area contributed by atoms with Crippen LogP contribution in [0.3, 0.4) is 0 Å². The Morgan fingerprint density at radius 3 is 2.75 bits per heavy atom. The first-order valence-electron chi connectivity index (χ1n) is 7.39. The van der Waals surface area contributed by atoms with E-state index in [2.05, 4.69) is 34.3 Å². The second kappa shape index (κ2) is 6.09. The van der Waals surface area contributed by atoms with E-state index in [1.807, 2.05) is 16.9 Å². The summed E-state index contributed by atoms with van der Waals surface area (Å²) in [4.78, 5) is 2.55. The fraction of sp³-hybridized carbons (Fsp3) is 0.438. The summed E-state index contributed by atoms with van der Waals surface area (Å²) in [6.07, 6.45) is 5.53. The summed E-state index contributed by atoms with van der Waals surface area (Å²) in [7, 11) is 0. The summed E-state index contributed by atoms with van der Waals surface area (Å²) in [6, 6.07) is 10.7. The highest BCUT2D eigenvalue weighted by Gasteiger charge is 2.13. The number of anilines is 1. The van der Waals surface area contributed by atoms with Crippen molar-refractivity contribution in [2.24, 2.45) is 0 Å². The van der Waals surface area contributed by atoms with Crippen molar-refractivity contribution in [1.82, 2.24) is 14.7 Å². The first kappa shape index (κ1) is 13.2. The summed E-state index contributed by atoms with van der Waals surface area (Å²) in [6.45, 7) is 4.33. The fourth-order valence-corrected chi connectivity index (χ4v) is 2.92. The number of hydrogen-bond donors (Lipinski definition) is 1. The van der Waals surface area contributed by atoms with Crippen LogP contribution >= 0.6 is 0 Å². The average molecular weight is 270 g/mol. The van der Waals surface area contributed by atoms with Crippen LogP contribution in [0.1, 0.15) is 24.0 Å². The van der Waals surface area contributed by atoms with E-state index < -0.39 is 0 Å². The SMILES string of the molecule is Nc1ccn(CCCN2CCCc3ccccc3C2)n1. The van der Waals surface area contributed by atoms with Gasteiger partial charge in [0.05, 0.1) is 0 Å². The standard InChI is InChI=1S/C16H22N4/c17-16-8-12-20(18-16)11-4-10-19-9-3-7-14-5-1-2-6-15(14)13-19/h1-2,5-6,8,12H,3-4,7,9-11,13H2,(H2,17,18).